The Kier molecular flexibility index (Phi) is 3.65. The number of rotatable bonds is 2. The van der Waals surface area contributed by atoms with Gasteiger partial charge in [-0.1, -0.05) is 55.0 Å². The number of carbonyl (C=O) groups is 1. The highest BCUT2D eigenvalue weighted by atomic mass is 16.5. The molecule has 0 radical (unpaired) electrons. The van der Waals surface area contributed by atoms with Crippen LogP contribution in [-0.4, -0.2) is 12.1 Å². The van der Waals surface area contributed by atoms with Gasteiger partial charge in [0.15, 0.2) is 0 Å². The fourth-order valence-electron chi connectivity index (χ4n) is 5.30. The van der Waals surface area contributed by atoms with Crippen LogP contribution in [0.5, 0.6) is 0 Å². The highest BCUT2D eigenvalue weighted by Crippen LogP contribution is 2.55. The average Bonchev–Trinajstić information content (AvgIpc) is 2.69. The smallest absolute Gasteiger partial charge is 0.310 e. The maximum atomic E-state index is 13.1. The highest BCUT2D eigenvalue weighted by molar-refractivity contribution is 5.78. The Hall–Kier alpha value is -2.09. The topological polar surface area (TPSA) is 26.3 Å². The van der Waals surface area contributed by atoms with Crippen molar-refractivity contribution in [2.75, 3.05) is 0 Å². The van der Waals surface area contributed by atoms with E-state index in [2.05, 4.69) is 48.5 Å². The van der Waals surface area contributed by atoms with E-state index in [1.165, 1.54) is 41.5 Å². The van der Waals surface area contributed by atoms with E-state index in [-0.39, 0.29) is 23.9 Å². The molecule has 0 N–H and O–H groups in total. The molecule has 6 rings (SSSR count). The molecule has 128 valence electrons. The Bertz CT molecular complexity index is 756. The maximum absolute atomic E-state index is 13.1. The summed E-state index contributed by atoms with van der Waals surface area (Å²) in [6, 6.07) is 17.4. The van der Waals surface area contributed by atoms with Gasteiger partial charge in [-0.2, -0.15) is 0 Å². The van der Waals surface area contributed by atoms with Crippen molar-refractivity contribution in [3.8, 4) is 0 Å². The lowest BCUT2D eigenvalue weighted by atomic mass is 9.59. The summed E-state index contributed by atoms with van der Waals surface area (Å²) in [7, 11) is 0. The lowest BCUT2D eigenvalue weighted by Crippen LogP contribution is -2.38. The SMILES string of the molecule is O=C(OC1CCCCC1)C1CC2c3ccccc3C1c1ccccc12. The Labute approximate surface area is 149 Å². The summed E-state index contributed by atoms with van der Waals surface area (Å²) in [6.45, 7) is 0. The van der Waals surface area contributed by atoms with E-state index in [0.29, 0.717) is 5.92 Å². The second-order valence-electron chi connectivity index (χ2n) is 7.83. The molecular formula is C23H24O2. The van der Waals surface area contributed by atoms with Crippen molar-refractivity contribution in [3.05, 3.63) is 70.8 Å². The zero-order valence-electron chi connectivity index (χ0n) is 14.5. The first-order valence-corrected chi connectivity index (χ1v) is 9.71. The normalized spacial score (nSPS) is 27.4. The molecule has 0 aromatic heterocycles. The first-order chi connectivity index (χ1) is 12.3. The number of carbonyl (C=O) groups excluding carboxylic acids is 1. The molecule has 0 heterocycles. The van der Waals surface area contributed by atoms with Crippen LogP contribution in [0, 0.1) is 5.92 Å². The fourth-order valence-corrected chi connectivity index (χ4v) is 5.30. The third-order valence-electron chi connectivity index (χ3n) is 6.44. The van der Waals surface area contributed by atoms with Crippen molar-refractivity contribution in [1.82, 2.24) is 0 Å². The predicted octanol–water partition coefficient (Wildman–Crippen LogP) is 5.16. The minimum absolute atomic E-state index is 0.0308. The molecule has 2 aromatic carbocycles. The van der Waals surface area contributed by atoms with Crippen LogP contribution in [0.3, 0.4) is 0 Å². The Balaban J connectivity index is 1.50. The zero-order valence-corrected chi connectivity index (χ0v) is 14.5. The van der Waals surface area contributed by atoms with Crippen molar-refractivity contribution >= 4 is 5.97 Å². The Morgan fingerprint density at radius 3 is 1.96 bits per heavy atom. The molecule has 0 aliphatic heterocycles. The van der Waals surface area contributed by atoms with E-state index in [1.807, 2.05) is 0 Å². The summed E-state index contributed by atoms with van der Waals surface area (Å²) in [4.78, 5) is 13.1. The molecule has 1 unspecified atom stereocenters. The number of esters is 1. The summed E-state index contributed by atoms with van der Waals surface area (Å²) >= 11 is 0. The van der Waals surface area contributed by atoms with Crippen LogP contribution in [-0.2, 0) is 9.53 Å². The van der Waals surface area contributed by atoms with E-state index in [1.54, 1.807) is 0 Å². The Morgan fingerprint density at radius 2 is 1.36 bits per heavy atom. The second-order valence-corrected chi connectivity index (χ2v) is 7.83. The summed E-state index contributed by atoms with van der Waals surface area (Å²) < 4.78 is 5.97. The van der Waals surface area contributed by atoms with Crippen LogP contribution in [0.4, 0.5) is 0 Å². The number of benzene rings is 2. The quantitative estimate of drug-likeness (QED) is 0.710. The van der Waals surface area contributed by atoms with Crippen molar-refractivity contribution in [2.45, 2.75) is 56.5 Å². The van der Waals surface area contributed by atoms with Crippen LogP contribution in [0.1, 0.15) is 72.6 Å². The van der Waals surface area contributed by atoms with E-state index < -0.39 is 0 Å². The molecule has 4 aliphatic rings. The molecule has 4 aliphatic carbocycles. The van der Waals surface area contributed by atoms with Crippen LogP contribution >= 0.6 is 0 Å². The minimum Gasteiger partial charge on any atom is -0.462 e. The number of hydrogen-bond donors (Lipinski definition) is 0. The summed E-state index contributed by atoms with van der Waals surface area (Å²) in [6.07, 6.45) is 6.79. The zero-order chi connectivity index (χ0) is 16.8. The Morgan fingerprint density at radius 1 is 0.800 bits per heavy atom. The van der Waals surface area contributed by atoms with Gasteiger partial charge >= 0.3 is 5.97 Å². The van der Waals surface area contributed by atoms with Crippen molar-refractivity contribution in [3.63, 3.8) is 0 Å². The van der Waals surface area contributed by atoms with Gasteiger partial charge in [0.1, 0.15) is 6.10 Å². The van der Waals surface area contributed by atoms with Gasteiger partial charge in [0.2, 0.25) is 0 Å². The summed E-state index contributed by atoms with van der Waals surface area (Å²) in [5.41, 5.74) is 5.49. The molecule has 2 heteroatoms. The van der Waals surface area contributed by atoms with Gasteiger partial charge in [0.05, 0.1) is 5.92 Å². The summed E-state index contributed by atoms with van der Waals surface area (Å²) in [5, 5.41) is 0. The third-order valence-corrected chi connectivity index (χ3v) is 6.44. The van der Waals surface area contributed by atoms with Crippen LogP contribution in [0.2, 0.25) is 0 Å². The third kappa shape index (κ3) is 2.42. The van der Waals surface area contributed by atoms with Crippen LogP contribution in [0.25, 0.3) is 0 Å². The van der Waals surface area contributed by atoms with Crippen molar-refractivity contribution < 1.29 is 9.53 Å². The van der Waals surface area contributed by atoms with Crippen LogP contribution in [0.15, 0.2) is 48.5 Å². The van der Waals surface area contributed by atoms with Gasteiger partial charge in [0.25, 0.3) is 0 Å². The van der Waals surface area contributed by atoms with Gasteiger partial charge in [-0.3, -0.25) is 4.79 Å². The number of hydrogen-bond acceptors (Lipinski definition) is 2. The van der Waals surface area contributed by atoms with E-state index in [9.17, 15) is 4.79 Å². The fraction of sp³-hybridized carbons (Fsp3) is 0.435. The van der Waals surface area contributed by atoms with Gasteiger partial charge in [-0.15, -0.1) is 0 Å². The van der Waals surface area contributed by atoms with E-state index in [4.69, 9.17) is 4.74 Å². The molecule has 2 aromatic rings. The molecule has 1 fully saturated rings. The summed E-state index contributed by atoms with van der Waals surface area (Å²) in [5.74, 6) is 0.498. The second kappa shape index (κ2) is 6.01. The molecule has 0 amide bonds. The first kappa shape index (κ1) is 15.2. The van der Waals surface area contributed by atoms with E-state index >= 15 is 0 Å². The molecule has 1 saturated carbocycles. The van der Waals surface area contributed by atoms with Gasteiger partial charge < -0.3 is 4.74 Å². The van der Waals surface area contributed by atoms with Gasteiger partial charge in [-0.05, 0) is 54.4 Å². The monoisotopic (exact) mass is 332 g/mol. The van der Waals surface area contributed by atoms with Gasteiger partial charge in [-0.25, -0.2) is 0 Å². The van der Waals surface area contributed by atoms with Crippen LogP contribution < -0.4 is 0 Å². The van der Waals surface area contributed by atoms with E-state index in [0.717, 1.165) is 19.3 Å². The molecular weight excluding hydrogens is 308 g/mol. The highest BCUT2D eigenvalue weighted by Gasteiger charge is 2.47. The van der Waals surface area contributed by atoms with Gasteiger partial charge in [0, 0.05) is 11.8 Å². The van der Waals surface area contributed by atoms with Crippen molar-refractivity contribution in [1.29, 1.82) is 0 Å². The largest absolute Gasteiger partial charge is 0.462 e. The molecule has 2 nitrogen and oxygen atoms in total. The lowest BCUT2D eigenvalue weighted by molar-refractivity contribution is -0.157. The molecule has 0 saturated heterocycles. The number of ether oxygens (including phenoxy) is 1. The maximum Gasteiger partial charge on any atom is 0.310 e. The average molecular weight is 332 g/mol. The molecule has 1 atom stereocenters. The predicted molar refractivity (Wildman–Crippen MR) is 97.6 cm³/mol. The molecule has 25 heavy (non-hydrogen) atoms. The standard InChI is InChI=1S/C23H24O2/c24-23(25-15-8-2-1-3-9-15)21-14-20-16-10-4-6-12-18(16)22(21)19-13-7-5-11-17(19)20/h4-7,10-13,15,20-22H,1-3,8-9,14H2. The molecule has 0 spiro atoms. The minimum atomic E-state index is -0.0308. The lowest BCUT2D eigenvalue weighted by Gasteiger charge is -2.44. The van der Waals surface area contributed by atoms with Crippen molar-refractivity contribution in [2.24, 2.45) is 5.92 Å². The number of fused-ring (bicyclic) bond motifs is 1. The first-order valence-electron chi connectivity index (χ1n) is 9.71. The molecule has 2 bridgehead atoms.